The van der Waals surface area contributed by atoms with E-state index >= 15 is 0 Å². The predicted molar refractivity (Wildman–Crippen MR) is 102 cm³/mol. The highest BCUT2D eigenvalue weighted by Crippen LogP contribution is 2.32. The first kappa shape index (κ1) is 16.1. The zero-order valence-electron chi connectivity index (χ0n) is 14.6. The molecule has 0 amide bonds. The maximum absolute atomic E-state index is 5.85. The summed E-state index contributed by atoms with van der Waals surface area (Å²) in [5, 5.41) is 0. The molecule has 4 aromatic rings. The molecular formula is C22H14N2O4. The van der Waals surface area contributed by atoms with Crippen molar-refractivity contribution in [2.45, 2.75) is 0 Å². The normalized spacial score (nSPS) is 12.0. The number of ether oxygens (including phenoxy) is 4. The number of hydrogen-bond donors (Lipinski definition) is 0. The Hall–Kier alpha value is -4.06. The molecule has 1 aliphatic heterocycles. The minimum Gasteiger partial charge on any atom is -0.439 e. The topological polar surface area (TPSA) is 62.7 Å². The van der Waals surface area contributed by atoms with Crippen LogP contribution in [0.15, 0.2) is 84.9 Å². The van der Waals surface area contributed by atoms with Crippen molar-refractivity contribution in [2.24, 2.45) is 0 Å². The van der Waals surface area contributed by atoms with Crippen molar-refractivity contribution in [3.8, 4) is 46.5 Å². The highest BCUT2D eigenvalue weighted by Gasteiger charge is 2.09. The summed E-state index contributed by atoms with van der Waals surface area (Å²) in [7, 11) is 0. The van der Waals surface area contributed by atoms with Crippen molar-refractivity contribution >= 4 is 0 Å². The highest BCUT2D eigenvalue weighted by molar-refractivity contribution is 5.40. The summed E-state index contributed by atoms with van der Waals surface area (Å²) < 4.78 is 23.4. The molecule has 0 saturated carbocycles. The molecule has 6 nitrogen and oxygen atoms in total. The molecule has 1 aliphatic rings. The molecule has 0 unspecified atom stereocenters. The lowest BCUT2D eigenvalue weighted by Crippen LogP contribution is -1.95. The number of rotatable bonds is 0. The molecule has 0 spiro atoms. The van der Waals surface area contributed by atoms with Gasteiger partial charge in [0.25, 0.3) is 0 Å². The molecule has 2 aromatic heterocycles. The zero-order chi connectivity index (χ0) is 18.8. The van der Waals surface area contributed by atoms with Crippen LogP contribution in [0.3, 0.4) is 0 Å². The second-order valence-electron chi connectivity index (χ2n) is 5.99. The number of benzene rings is 2. The van der Waals surface area contributed by atoms with E-state index in [0.717, 1.165) is 0 Å². The molecule has 0 fully saturated rings. The third-order valence-electron chi connectivity index (χ3n) is 3.90. The van der Waals surface area contributed by atoms with E-state index in [1.54, 1.807) is 36.4 Å². The molecule has 0 aliphatic carbocycles. The lowest BCUT2D eigenvalue weighted by atomic mass is 10.3. The van der Waals surface area contributed by atoms with E-state index in [9.17, 15) is 0 Å². The standard InChI is InChI=1S/C22H14N2O4/c1-5-15-13-16(6-1)26-20-10-4-12-22(24-20)28-18-8-2-7-17(14-18)27-21-11-3-9-19(23-21)25-15/h1-14H. The largest absolute Gasteiger partial charge is 0.439 e. The summed E-state index contributed by atoms with van der Waals surface area (Å²) in [4.78, 5) is 8.79. The lowest BCUT2D eigenvalue weighted by Gasteiger charge is -2.12. The molecule has 6 heteroatoms. The van der Waals surface area contributed by atoms with Gasteiger partial charge in [-0.2, -0.15) is 9.97 Å². The van der Waals surface area contributed by atoms with Gasteiger partial charge in [-0.3, -0.25) is 0 Å². The summed E-state index contributed by atoms with van der Waals surface area (Å²) in [5.41, 5.74) is 0. The molecule has 8 bridgehead atoms. The highest BCUT2D eigenvalue weighted by atomic mass is 16.5. The number of nitrogens with zero attached hydrogens (tertiary/aromatic N) is 2. The van der Waals surface area contributed by atoms with Crippen LogP contribution in [0.4, 0.5) is 0 Å². The van der Waals surface area contributed by atoms with Gasteiger partial charge < -0.3 is 18.9 Å². The third-order valence-corrected chi connectivity index (χ3v) is 3.90. The fourth-order valence-electron chi connectivity index (χ4n) is 2.70. The summed E-state index contributed by atoms with van der Waals surface area (Å²) in [6.07, 6.45) is 0. The van der Waals surface area contributed by atoms with Gasteiger partial charge in [0.15, 0.2) is 0 Å². The van der Waals surface area contributed by atoms with Crippen LogP contribution in [-0.2, 0) is 0 Å². The maximum Gasteiger partial charge on any atom is 0.222 e. The second kappa shape index (κ2) is 6.92. The van der Waals surface area contributed by atoms with Crippen LogP contribution < -0.4 is 18.9 Å². The van der Waals surface area contributed by atoms with E-state index < -0.39 is 0 Å². The lowest BCUT2D eigenvalue weighted by molar-refractivity contribution is 0.407. The molecule has 3 heterocycles. The van der Waals surface area contributed by atoms with Gasteiger partial charge in [0.2, 0.25) is 23.5 Å². The maximum atomic E-state index is 5.85. The molecule has 2 aromatic carbocycles. The Balaban J connectivity index is 1.60. The van der Waals surface area contributed by atoms with Crippen molar-refractivity contribution in [1.82, 2.24) is 9.97 Å². The van der Waals surface area contributed by atoms with Crippen molar-refractivity contribution < 1.29 is 18.9 Å². The number of pyridine rings is 2. The van der Waals surface area contributed by atoms with Gasteiger partial charge >= 0.3 is 0 Å². The van der Waals surface area contributed by atoms with Gasteiger partial charge in [-0.05, 0) is 24.3 Å². The van der Waals surface area contributed by atoms with Crippen LogP contribution in [0.1, 0.15) is 0 Å². The first-order valence-corrected chi connectivity index (χ1v) is 8.66. The van der Waals surface area contributed by atoms with E-state index in [-0.39, 0.29) is 0 Å². The van der Waals surface area contributed by atoms with Gasteiger partial charge in [0.05, 0.1) is 0 Å². The van der Waals surface area contributed by atoms with Crippen molar-refractivity contribution in [3.05, 3.63) is 84.9 Å². The van der Waals surface area contributed by atoms with Gasteiger partial charge in [-0.25, -0.2) is 0 Å². The molecule has 0 N–H and O–H groups in total. The van der Waals surface area contributed by atoms with Crippen LogP contribution in [0.5, 0.6) is 46.5 Å². The van der Waals surface area contributed by atoms with Crippen LogP contribution >= 0.6 is 0 Å². The minimum absolute atomic E-state index is 0.411. The second-order valence-corrected chi connectivity index (χ2v) is 5.99. The minimum atomic E-state index is 0.411. The molecule has 0 radical (unpaired) electrons. The number of fused-ring (bicyclic) bond motifs is 8. The van der Waals surface area contributed by atoms with Gasteiger partial charge in [0, 0.05) is 36.4 Å². The number of aromatic nitrogens is 2. The van der Waals surface area contributed by atoms with E-state index in [1.165, 1.54) is 0 Å². The van der Waals surface area contributed by atoms with E-state index in [4.69, 9.17) is 18.9 Å². The first-order valence-electron chi connectivity index (χ1n) is 8.66. The SMILES string of the molecule is c1cc2cc(c1)Oc1cccc(n1)Oc1cccc(c1)Oc1cccc(n1)O2. The van der Waals surface area contributed by atoms with Gasteiger partial charge in [-0.1, -0.05) is 24.3 Å². The Morgan fingerprint density at radius 3 is 1.00 bits per heavy atom. The Bertz CT molecular complexity index is 895. The Morgan fingerprint density at radius 2 is 0.679 bits per heavy atom. The van der Waals surface area contributed by atoms with Gasteiger partial charge in [-0.15, -0.1) is 0 Å². The Labute approximate surface area is 160 Å². The quantitative estimate of drug-likeness (QED) is 0.335. The smallest absolute Gasteiger partial charge is 0.222 e. The van der Waals surface area contributed by atoms with E-state index in [2.05, 4.69) is 9.97 Å². The summed E-state index contributed by atoms with van der Waals surface area (Å²) in [6.45, 7) is 0. The molecule has 0 saturated heterocycles. The Morgan fingerprint density at radius 1 is 0.393 bits per heavy atom. The third kappa shape index (κ3) is 3.57. The summed E-state index contributed by atoms with van der Waals surface area (Å²) in [6, 6.07) is 25.1. The zero-order valence-corrected chi connectivity index (χ0v) is 14.6. The van der Waals surface area contributed by atoms with E-state index in [0.29, 0.717) is 46.5 Å². The van der Waals surface area contributed by atoms with Crippen LogP contribution in [0, 0.1) is 0 Å². The summed E-state index contributed by atoms with van der Waals surface area (Å²) in [5.74, 6) is 3.99. The molecular weight excluding hydrogens is 356 g/mol. The van der Waals surface area contributed by atoms with Crippen LogP contribution in [0.2, 0.25) is 0 Å². The fraction of sp³-hybridized carbons (Fsp3) is 0. The Kier molecular flexibility index (Phi) is 3.99. The van der Waals surface area contributed by atoms with Crippen molar-refractivity contribution in [3.63, 3.8) is 0 Å². The monoisotopic (exact) mass is 370 g/mol. The van der Waals surface area contributed by atoms with E-state index in [1.807, 2.05) is 48.5 Å². The van der Waals surface area contributed by atoms with Gasteiger partial charge in [0.1, 0.15) is 23.0 Å². The molecule has 5 rings (SSSR count). The predicted octanol–water partition coefficient (Wildman–Crippen LogP) is 5.96. The molecule has 0 atom stereocenters. The average molecular weight is 370 g/mol. The molecule has 28 heavy (non-hydrogen) atoms. The number of hydrogen-bond acceptors (Lipinski definition) is 6. The van der Waals surface area contributed by atoms with Crippen molar-refractivity contribution in [1.29, 1.82) is 0 Å². The fourth-order valence-corrected chi connectivity index (χ4v) is 2.70. The van der Waals surface area contributed by atoms with Crippen molar-refractivity contribution in [2.75, 3.05) is 0 Å². The molecule has 136 valence electrons. The summed E-state index contributed by atoms with van der Waals surface area (Å²) >= 11 is 0. The van der Waals surface area contributed by atoms with Crippen LogP contribution in [-0.4, -0.2) is 9.97 Å². The first-order chi connectivity index (χ1) is 13.8. The van der Waals surface area contributed by atoms with Crippen LogP contribution in [0.25, 0.3) is 0 Å². The average Bonchev–Trinajstić information content (AvgIpc) is 2.69.